The van der Waals surface area contributed by atoms with Gasteiger partial charge in [-0.1, -0.05) is 12.1 Å². The summed E-state index contributed by atoms with van der Waals surface area (Å²) in [7, 11) is 0. The molecular formula is C11H21N3O3. The van der Waals surface area contributed by atoms with Crippen molar-refractivity contribution in [2.45, 2.75) is 33.2 Å². The van der Waals surface area contributed by atoms with Gasteiger partial charge in [0.2, 0.25) is 5.91 Å². The van der Waals surface area contributed by atoms with Crippen LogP contribution in [0.1, 0.15) is 27.2 Å². The highest BCUT2D eigenvalue weighted by Gasteiger charge is 2.39. The lowest BCUT2D eigenvalue weighted by Crippen LogP contribution is -2.55. The maximum absolute atomic E-state index is 12.4. The fourth-order valence-corrected chi connectivity index (χ4v) is 1.85. The standard InChI is InChI=1S/C11H21N3O3/c1-4-8-7-17-6-5-14(8)10(15)11(2,3)9(12)13-16/h8,16H,4-7H2,1-3H3,(H2,12,13). The van der Waals surface area contributed by atoms with E-state index in [1.807, 2.05) is 6.92 Å². The van der Waals surface area contributed by atoms with Gasteiger partial charge >= 0.3 is 0 Å². The van der Waals surface area contributed by atoms with E-state index in [4.69, 9.17) is 15.7 Å². The Morgan fingerprint density at radius 2 is 2.29 bits per heavy atom. The molecule has 1 atom stereocenters. The van der Waals surface area contributed by atoms with E-state index in [2.05, 4.69) is 5.16 Å². The summed E-state index contributed by atoms with van der Waals surface area (Å²) < 4.78 is 5.35. The number of amidine groups is 1. The summed E-state index contributed by atoms with van der Waals surface area (Å²) in [5.74, 6) is -0.188. The number of carbonyl (C=O) groups is 1. The average Bonchev–Trinajstić information content (AvgIpc) is 2.36. The third kappa shape index (κ3) is 2.69. The van der Waals surface area contributed by atoms with Crippen LogP contribution >= 0.6 is 0 Å². The van der Waals surface area contributed by atoms with Gasteiger partial charge in [0.1, 0.15) is 5.41 Å². The first-order valence-electron chi connectivity index (χ1n) is 5.82. The molecule has 98 valence electrons. The minimum absolute atomic E-state index is 0.0659. The molecule has 1 unspecified atom stereocenters. The van der Waals surface area contributed by atoms with Gasteiger partial charge in [0.25, 0.3) is 0 Å². The monoisotopic (exact) mass is 243 g/mol. The first-order chi connectivity index (χ1) is 7.95. The van der Waals surface area contributed by atoms with Crippen LogP contribution in [-0.2, 0) is 9.53 Å². The minimum atomic E-state index is -0.987. The van der Waals surface area contributed by atoms with E-state index in [-0.39, 0.29) is 17.8 Å². The quantitative estimate of drug-likeness (QED) is 0.325. The van der Waals surface area contributed by atoms with Crippen LogP contribution in [0.25, 0.3) is 0 Å². The number of ether oxygens (including phenoxy) is 1. The summed E-state index contributed by atoms with van der Waals surface area (Å²) in [6.45, 7) is 6.97. The van der Waals surface area contributed by atoms with Crippen LogP contribution in [0.2, 0.25) is 0 Å². The Balaban J connectivity index is 2.87. The molecule has 1 aliphatic rings. The van der Waals surface area contributed by atoms with E-state index in [0.29, 0.717) is 19.8 Å². The number of nitrogens with two attached hydrogens (primary N) is 1. The minimum Gasteiger partial charge on any atom is -0.409 e. The summed E-state index contributed by atoms with van der Waals surface area (Å²) in [6, 6.07) is 0.0713. The summed E-state index contributed by atoms with van der Waals surface area (Å²) in [5.41, 5.74) is 4.58. The van der Waals surface area contributed by atoms with Crippen LogP contribution in [-0.4, -0.2) is 47.7 Å². The topological polar surface area (TPSA) is 88.2 Å². The number of nitrogens with zero attached hydrogens (tertiary/aromatic N) is 2. The molecular weight excluding hydrogens is 222 g/mol. The van der Waals surface area contributed by atoms with Gasteiger partial charge in [-0.2, -0.15) is 0 Å². The molecule has 6 nitrogen and oxygen atoms in total. The van der Waals surface area contributed by atoms with E-state index in [1.165, 1.54) is 0 Å². The highest BCUT2D eigenvalue weighted by Crippen LogP contribution is 2.23. The number of carbonyl (C=O) groups excluding carboxylic acids is 1. The van der Waals surface area contributed by atoms with E-state index in [9.17, 15) is 4.79 Å². The summed E-state index contributed by atoms with van der Waals surface area (Å²) in [4.78, 5) is 14.2. The third-order valence-corrected chi connectivity index (χ3v) is 3.24. The molecule has 0 radical (unpaired) electrons. The van der Waals surface area contributed by atoms with Gasteiger partial charge in [-0.05, 0) is 20.3 Å². The first kappa shape index (κ1) is 13.8. The van der Waals surface area contributed by atoms with Gasteiger partial charge in [-0.3, -0.25) is 4.79 Å². The zero-order chi connectivity index (χ0) is 13.1. The second-order valence-corrected chi connectivity index (χ2v) is 4.75. The Kier molecular flexibility index (Phi) is 4.34. The van der Waals surface area contributed by atoms with Crippen LogP contribution in [0.3, 0.4) is 0 Å². The molecule has 1 amide bonds. The average molecular weight is 243 g/mol. The molecule has 0 spiro atoms. The number of hydrogen-bond donors (Lipinski definition) is 2. The maximum atomic E-state index is 12.4. The SMILES string of the molecule is CCC1COCCN1C(=O)C(C)(C)C(N)=NO. The molecule has 6 heteroatoms. The number of rotatable bonds is 3. The van der Waals surface area contributed by atoms with Crippen molar-refractivity contribution >= 4 is 11.7 Å². The molecule has 0 aliphatic carbocycles. The smallest absolute Gasteiger partial charge is 0.236 e. The van der Waals surface area contributed by atoms with Crippen molar-refractivity contribution in [1.82, 2.24) is 4.90 Å². The van der Waals surface area contributed by atoms with Crippen molar-refractivity contribution in [3.05, 3.63) is 0 Å². The summed E-state index contributed by atoms with van der Waals surface area (Å²) in [6.07, 6.45) is 0.831. The highest BCUT2D eigenvalue weighted by molar-refractivity contribution is 6.06. The van der Waals surface area contributed by atoms with Gasteiger partial charge in [0.15, 0.2) is 5.84 Å². The second kappa shape index (κ2) is 5.35. The lowest BCUT2D eigenvalue weighted by molar-refractivity contribution is -0.146. The van der Waals surface area contributed by atoms with Gasteiger partial charge in [-0.25, -0.2) is 0 Å². The molecule has 0 saturated carbocycles. The molecule has 0 aromatic rings. The zero-order valence-electron chi connectivity index (χ0n) is 10.6. The van der Waals surface area contributed by atoms with Crippen molar-refractivity contribution < 1.29 is 14.7 Å². The number of oxime groups is 1. The molecule has 0 aromatic carbocycles. The van der Waals surface area contributed by atoms with Crippen molar-refractivity contribution in [1.29, 1.82) is 0 Å². The Bertz CT molecular complexity index is 315. The molecule has 1 fully saturated rings. The fourth-order valence-electron chi connectivity index (χ4n) is 1.85. The highest BCUT2D eigenvalue weighted by atomic mass is 16.5. The predicted molar refractivity (Wildman–Crippen MR) is 63.8 cm³/mol. The van der Waals surface area contributed by atoms with Crippen LogP contribution < -0.4 is 5.73 Å². The lowest BCUT2D eigenvalue weighted by Gasteiger charge is -2.39. The lowest BCUT2D eigenvalue weighted by atomic mass is 9.89. The molecule has 0 aromatic heterocycles. The van der Waals surface area contributed by atoms with E-state index >= 15 is 0 Å². The van der Waals surface area contributed by atoms with Gasteiger partial charge in [0.05, 0.1) is 19.3 Å². The van der Waals surface area contributed by atoms with Crippen molar-refractivity contribution in [3.63, 3.8) is 0 Å². The normalized spacial score (nSPS) is 22.6. The van der Waals surface area contributed by atoms with E-state index in [1.54, 1.807) is 18.7 Å². The van der Waals surface area contributed by atoms with Gasteiger partial charge in [0, 0.05) is 6.54 Å². The van der Waals surface area contributed by atoms with E-state index in [0.717, 1.165) is 6.42 Å². The predicted octanol–water partition coefficient (Wildman–Crippen LogP) is 0.396. The zero-order valence-corrected chi connectivity index (χ0v) is 10.6. The Morgan fingerprint density at radius 1 is 1.65 bits per heavy atom. The van der Waals surface area contributed by atoms with Crippen molar-refractivity contribution in [2.75, 3.05) is 19.8 Å². The Morgan fingerprint density at radius 3 is 2.82 bits per heavy atom. The number of amides is 1. The van der Waals surface area contributed by atoms with Crippen LogP contribution in [0.15, 0.2) is 5.16 Å². The first-order valence-corrected chi connectivity index (χ1v) is 5.82. The number of morpholine rings is 1. The fraction of sp³-hybridized carbons (Fsp3) is 0.818. The molecule has 0 bridgehead atoms. The van der Waals surface area contributed by atoms with Crippen molar-refractivity contribution in [2.24, 2.45) is 16.3 Å². The van der Waals surface area contributed by atoms with Crippen molar-refractivity contribution in [3.8, 4) is 0 Å². The Hall–Kier alpha value is -1.30. The summed E-state index contributed by atoms with van der Waals surface area (Å²) >= 11 is 0. The van der Waals surface area contributed by atoms with Crippen LogP contribution in [0, 0.1) is 5.41 Å². The molecule has 1 rings (SSSR count). The van der Waals surface area contributed by atoms with Gasteiger partial charge in [-0.15, -0.1) is 0 Å². The largest absolute Gasteiger partial charge is 0.409 e. The van der Waals surface area contributed by atoms with E-state index < -0.39 is 5.41 Å². The van der Waals surface area contributed by atoms with Crippen LogP contribution in [0.4, 0.5) is 0 Å². The molecule has 1 aliphatic heterocycles. The number of hydrogen-bond acceptors (Lipinski definition) is 4. The Labute approximate surface area is 101 Å². The second-order valence-electron chi connectivity index (χ2n) is 4.75. The summed E-state index contributed by atoms with van der Waals surface area (Å²) in [5, 5.41) is 11.7. The third-order valence-electron chi connectivity index (χ3n) is 3.24. The molecule has 1 heterocycles. The molecule has 17 heavy (non-hydrogen) atoms. The van der Waals surface area contributed by atoms with Crippen LogP contribution in [0.5, 0.6) is 0 Å². The van der Waals surface area contributed by atoms with Gasteiger partial charge < -0.3 is 20.6 Å². The molecule has 1 saturated heterocycles. The maximum Gasteiger partial charge on any atom is 0.236 e. The molecule has 3 N–H and O–H groups in total.